The molecule has 0 aliphatic carbocycles. The topological polar surface area (TPSA) is 86.9 Å². The van der Waals surface area contributed by atoms with E-state index in [1.54, 1.807) is 10.6 Å². The zero-order valence-electron chi connectivity index (χ0n) is 17.0. The highest BCUT2D eigenvalue weighted by molar-refractivity contribution is 5.69. The first kappa shape index (κ1) is 19.9. The maximum Gasteiger partial charge on any atom is 0.407 e. The van der Waals surface area contributed by atoms with Crippen LogP contribution in [0, 0.1) is 0 Å². The highest BCUT2D eigenvalue weighted by Crippen LogP contribution is 2.24. The molecular weight excluding hydrogens is 380 g/mol. The van der Waals surface area contributed by atoms with E-state index in [0.717, 1.165) is 42.6 Å². The van der Waals surface area contributed by atoms with Crippen LogP contribution in [0.2, 0.25) is 0 Å². The van der Waals surface area contributed by atoms with Crippen molar-refractivity contribution in [3.05, 3.63) is 64.7 Å². The molecule has 1 aromatic carbocycles. The Balaban J connectivity index is 1.62. The van der Waals surface area contributed by atoms with Crippen LogP contribution in [0.1, 0.15) is 31.9 Å². The Morgan fingerprint density at radius 1 is 1.23 bits per heavy atom. The number of aryl methyl sites for hydroxylation is 1. The summed E-state index contributed by atoms with van der Waals surface area (Å²) in [7, 11) is 0. The molecule has 0 radical (unpaired) electrons. The summed E-state index contributed by atoms with van der Waals surface area (Å²) in [6, 6.07) is 13.4. The van der Waals surface area contributed by atoms with Crippen LogP contribution in [0.3, 0.4) is 0 Å². The van der Waals surface area contributed by atoms with E-state index >= 15 is 0 Å². The second kappa shape index (κ2) is 8.57. The minimum absolute atomic E-state index is 0.0553. The van der Waals surface area contributed by atoms with Gasteiger partial charge in [0.1, 0.15) is 5.65 Å². The smallest absolute Gasteiger partial charge is 0.407 e. The third kappa shape index (κ3) is 4.01. The van der Waals surface area contributed by atoms with Crippen LogP contribution in [-0.2, 0) is 6.42 Å². The van der Waals surface area contributed by atoms with Gasteiger partial charge in [-0.1, -0.05) is 31.5 Å². The number of carboxylic acid groups (broad SMARTS) is 1. The first-order valence-electron chi connectivity index (χ1n) is 10.4. The summed E-state index contributed by atoms with van der Waals surface area (Å²) < 4.78 is 1.59. The third-order valence-electron chi connectivity index (χ3n) is 5.58. The van der Waals surface area contributed by atoms with E-state index in [1.807, 2.05) is 42.5 Å². The van der Waals surface area contributed by atoms with Crippen LogP contribution in [0.4, 0.5) is 10.5 Å². The van der Waals surface area contributed by atoms with Crippen molar-refractivity contribution in [2.75, 3.05) is 18.4 Å². The van der Waals surface area contributed by atoms with Gasteiger partial charge < -0.3 is 15.3 Å². The van der Waals surface area contributed by atoms with Gasteiger partial charge >= 0.3 is 6.09 Å². The monoisotopic (exact) mass is 406 g/mol. The maximum atomic E-state index is 13.2. The summed E-state index contributed by atoms with van der Waals surface area (Å²) in [5, 5.41) is 12.5. The number of nitrogens with zero attached hydrogens (tertiary/aromatic N) is 3. The molecule has 2 aromatic heterocycles. The van der Waals surface area contributed by atoms with E-state index in [9.17, 15) is 9.59 Å². The fourth-order valence-electron chi connectivity index (χ4n) is 3.97. The number of aromatic nitrogens is 2. The molecule has 1 atom stereocenters. The van der Waals surface area contributed by atoms with Gasteiger partial charge in [-0.15, -0.1) is 0 Å². The number of likely N-dealkylation sites (tertiary alicyclic amines) is 1. The second-order valence-electron chi connectivity index (χ2n) is 7.71. The Bertz CT molecular complexity index is 1110. The van der Waals surface area contributed by atoms with E-state index in [2.05, 4.69) is 12.2 Å². The lowest BCUT2D eigenvalue weighted by atomic mass is 10.0. The summed E-state index contributed by atoms with van der Waals surface area (Å²) in [5.74, 6) is 0. The lowest BCUT2D eigenvalue weighted by Crippen LogP contribution is -2.30. The number of benzene rings is 1. The SMILES string of the molecule is CCCCc1nc2ccccn2c(=O)c1-c1ccc(NC2CCN(C(=O)O)C2)cc1. The quantitative estimate of drug-likeness (QED) is 0.649. The highest BCUT2D eigenvalue weighted by Gasteiger charge is 2.25. The molecule has 30 heavy (non-hydrogen) atoms. The molecule has 1 aliphatic rings. The van der Waals surface area contributed by atoms with E-state index < -0.39 is 6.09 Å². The summed E-state index contributed by atoms with van der Waals surface area (Å²) in [6.07, 6.45) is 4.43. The van der Waals surface area contributed by atoms with Gasteiger partial charge in [-0.05, 0) is 49.1 Å². The molecule has 1 amide bonds. The predicted molar refractivity (Wildman–Crippen MR) is 117 cm³/mol. The Morgan fingerprint density at radius 3 is 2.73 bits per heavy atom. The molecule has 7 heteroatoms. The molecule has 3 aromatic rings. The number of nitrogens with one attached hydrogen (secondary N) is 1. The molecule has 4 rings (SSSR count). The zero-order chi connectivity index (χ0) is 21.1. The zero-order valence-corrected chi connectivity index (χ0v) is 17.0. The van der Waals surface area contributed by atoms with Gasteiger partial charge in [-0.3, -0.25) is 9.20 Å². The first-order chi connectivity index (χ1) is 14.6. The fourth-order valence-corrected chi connectivity index (χ4v) is 3.97. The van der Waals surface area contributed by atoms with Gasteiger partial charge in [0.05, 0.1) is 11.3 Å². The molecule has 156 valence electrons. The molecular formula is C23H26N4O3. The lowest BCUT2D eigenvalue weighted by Gasteiger charge is -2.16. The predicted octanol–water partition coefficient (Wildman–Crippen LogP) is 3.87. The third-order valence-corrected chi connectivity index (χ3v) is 5.58. The molecule has 7 nitrogen and oxygen atoms in total. The van der Waals surface area contributed by atoms with Crippen molar-refractivity contribution in [3.63, 3.8) is 0 Å². The number of unbranched alkanes of at least 4 members (excludes halogenated alkanes) is 1. The number of carbonyl (C=O) groups is 1. The van der Waals surface area contributed by atoms with Gasteiger partial charge in [0.25, 0.3) is 5.56 Å². The summed E-state index contributed by atoms with van der Waals surface area (Å²) in [5.41, 5.74) is 3.86. The summed E-state index contributed by atoms with van der Waals surface area (Å²) in [4.78, 5) is 30.5. The number of amides is 1. The Labute approximate surface area is 175 Å². The van der Waals surface area contributed by atoms with Crippen LogP contribution < -0.4 is 10.9 Å². The van der Waals surface area contributed by atoms with Gasteiger partial charge in [0.15, 0.2) is 0 Å². The molecule has 0 saturated carbocycles. The molecule has 1 fully saturated rings. The molecule has 0 bridgehead atoms. The molecule has 3 heterocycles. The number of fused-ring (bicyclic) bond motifs is 1. The Morgan fingerprint density at radius 2 is 2.03 bits per heavy atom. The van der Waals surface area contributed by atoms with Gasteiger partial charge in [0, 0.05) is 31.0 Å². The van der Waals surface area contributed by atoms with Crippen LogP contribution in [0.25, 0.3) is 16.8 Å². The number of hydrogen-bond acceptors (Lipinski definition) is 4. The lowest BCUT2D eigenvalue weighted by molar-refractivity contribution is 0.155. The Kier molecular flexibility index (Phi) is 5.70. The van der Waals surface area contributed by atoms with E-state index in [1.165, 1.54) is 4.90 Å². The van der Waals surface area contributed by atoms with Gasteiger partial charge in [0.2, 0.25) is 0 Å². The second-order valence-corrected chi connectivity index (χ2v) is 7.71. The van der Waals surface area contributed by atoms with Crippen molar-refractivity contribution in [2.24, 2.45) is 0 Å². The van der Waals surface area contributed by atoms with Crippen molar-refractivity contribution in [1.29, 1.82) is 0 Å². The minimum Gasteiger partial charge on any atom is -0.465 e. The fraction of sp³-hybridized carbons (Fsp3) is 0.348. The molecule has 1 saturated heterocycles. The van der Waals surface area contributed by atoms with Crippen LogP contribution >= 0.6 is 0 Å². The average Bonchev–Trinajstić information content (AvgIpc) is 3.22. The van der Waals surface area contributed by atoms with Crippen molar-refractivity contribution >= 4 is 17.4 Å². The summed E-state index contributed by atoms with van der Waals surface area (Å²) >= 11 is 0. The van der Waals surface area contributed by atoms with Gasteiger partial charge in [-0.2, -0.15) is 0 Å². The number of hydrogen-bond donors (Lipinski definition) is 2. The van der Waals surface area contributed by atoms with Crippen LogP contribution in [-0.4, -0.2) is 44.6 Å². The molecule has 1 aliphatic heterocycles. The normalized spacial score (nSPS) is 16.2. The number of rotatable bonds is 6. The molecule has 2 N–H and O–H groups in total. The van der Waals surface area contributed by atoms with Crippen molar-refractivity contribution < 1.29 is 9.90 Å². The average molecular weight is 406 g/mol. The maximum absolute atomic E-state index is 13.2. The largest absolute Gasteiger partial charge is 0.465 e. The summed E-state index contributed by atoms with van der Waals surface area (Å²) in [6.45, 7) is 3.15. The van der Waals surface area contributed by atoms with Gasteiger partial charge in [-0.25, -0.2) is 9.78 Å². The van der Waals surface area contributed by atoms with Crippen molar-refractivity contribution in [1.82, 2.24) is 14.3 Å². The Hall–Kier alpha value is -3.35. The van der Waals surface area contributed by atoms with Crippen LogP contribution in [0.15, 0.2) is 53.5 Å². The number of pyridine rings is 1. The highest BCUT2D eigenvalue weighted by atomic mass is 16.4. The van der Waals surface area contributed by atoms with E-state index in [4.69, 9.17) is 10.1 Å². The van der Waals surface area contributed by atoms with E-state index in [0.29, 0.717) is 24.3 Å². The molecule has 0 spiro atoms. The standard InChI is InChI=1S/C23H26N4O3/c1-2-3-6-19-21(22(28)27-13-5-4-7-20(27)25-19)16-8-10-17(11-9-16)24-18-12-14-26(15-18)23(29)30/h4-5,7-11,13,18,24H,2-3,6,12,14-15H2,1H3,(H,29,30). The van der Waals surface area contributed by atoms with Crippen molar-refractivity contribution in [3.8, 4) is 11.1 Å². The van der Waals surface area contributed by atoms with Crippen molar-refractivity contribution in [2.45, 2.75) is 38.6 Å². The number of anilines is 1. The van der Waals surface area contributed by atoms with Crippen LogP contribution in [0.5, 0.6) is 0 Å². The van der Waals surface area contributed by atoms with E-state index in [-0.39, 0.29) is 11.6 Å². The minimum atomic E-state index is -0.876. The molecule has 1 unspecified atom stereocenters. The first-order valence-corrected chi connectivity index (χ1v) is 10.4.